The van der Waals surface area contributed by atoms with E-state index in [-0.39, 0.29) is 16.4 Å². The van der Waals surface area contributed by atoms with Crippen molar-refractivity contribution >= 4 is 17.2 Å². The van der Waals surface area contributed by atoms with Gasteiger partial charge >= 0.3 is 6.18 Å². The molecule has 3 nitrogen and oxygen atoms in total. The quantitative estimate of drug-likeness (QED) is 0.651. The lowest BCUT2D eigenvalue weighted by Gasteiger charge is -2.12. The van der Waals surface area contributed by atoms with Crippen molar-refractivity contribution in [2.75, 3.05) is 0 Å². The molecule has 0 saturated carbocycles. The third kappa shape index (κ3) is 2.66. The minimum atomic E-state index is -4.35. The molecule has 0 unspecified atom stereocenters. The van der Waals surface area contributed by atoms with Crippen molar-refractivity contribution in [3.05, 3.63) is 52.9 Å². The van der Waals surface area contributed by atoms with Gasteiger partial charge in [-0.3, -0.25) is 0 Å². The van der Waals surface area contributed by atoms with Gasteiger partial charge in [0.15, 0.2) is 5.65 Å². The Morgan fingerprint density at radius 1 is 1.18 bits per heavy atom. The van der Waals surface area contributed by atoms with E-state index in [4.69, 9.17) is 11.6 Å². The van der Waals surface area contributed by atoms with Crippen LogP contribution in [-0.4, -0.2) is 20.8 Å². The molecule has 114 valence electrons. The van der Waals surface area contributed by atoms with Gasteiger partial charge in [0.1, 0.15) is 5.15 Å². The van der Waals surface area contributed by atoms with E-state index in [9.17, 15) is 13.2 Å². The van der Waals surface area contributed by atoms with Crippen LogP contribution < -0.4 is 0 Å². The molecule has 0 saturated heterocycles. The summed E-state index contributed by atoms with van der Waals surface area (Å²) in [4.78, 5) is 4.27. The molecule has 0 spiro atoms. The van der Waals surface area contributed by atoms with E-state index in [0.29, 0.717) is 5.65 Å². The number of aryl methyl sites for hydroxylation is 1. The topological polar surface area (TPSA) is 30.2 Å². The molecule has 3 aromatic rings. The van der Waals surface area contributed by atoms with E-state index < -0.39 is 12.6 Å². The third-order valence-electron chi connectivity index (χ3n) is 3.35. The molecule has 0 bridgehead atoms. The highest BCUT2D eigenvalue weighted by Gasteiger charge is 2.31. The van der Waals surface area contributed by atoms with Gasteiger partial charge in [-0.25, -0.2) is 9.50 Å². The van der Waals surface area contributed by atoms with Crippen molar-refractivity contribution < 1.29 is 13.2 Å². The van der Waals surface area contributed by atoms with Crippen LogP contribution in [0.5, 0.6) is 0 Å². The molecule has 0 N–H and O–H groups in total. The number of benzene rings is 1. The van der Waals surface area contributed by atoms with Gasteiger partial charge in [-0.05, 0) is 12.5 Å². The number of nitrogens with zero attached hydrogens (tertiary/aromatic N) is 3. The molecule has 7 heteroatoms. The predicted molar refractivity (Wildman–Crippen MR) is 77.9 cm³/mol. The number of fused-ring (bicyclic) bond motifs is 1. The van der Waals surface area contributed by atoms with Crippen LogP contribution in [0.1, 0.15) is 11.3 Å². The van der Waals surface area contributed by atoms with Crippen molar-refractivity contribution in [1.82, 2.24) is 14.6 Å². The molecule has 22 heavy (non-hydrogen) atoms. The number of halogens is 4. The average molecular weight is 326 g/mol. The van der Waals surface area contributed by atoms with Crippen LogP contribution in [0.15, 0.2) is 36.5 Å². The van der Waals surface area contributed by atoms with Gasteiger partial charge in [0.25, 0.3) is 0 Å². The molecule has 2 aromatic heterocycles. The summed E-state index contributed by atoms with van der Waals surface area (Å²) in [7, 11) is 0. The van der Waals surface area contributed by atoms with Crippen LogP contribution in [0.25, 0.3) is 16.8 Å². The smallest absolute Gasteiger partial charge is 0.233 e. The summed E-state index contributed by atoms with van der Waals surface area (Å²) in [6.45, 7) is 1.52. The molecule has 0 amide bonds. The van der Waals surface area contributed by atoms with E-state index in [1.807, 2.05) is 30.3 Å². The minimum absolute atomic E-state index is 0.0515. The van der Waals surface area contributed by atoms with E-state index >= 15 is 0 Å². The van der Waals surface area contributed by atoms with Crippen LogP contribution in [0.3, 0.4) is 0 Å². The third-order valence-corrected chi connectivity index (χ3v) is 3.74. The van der Waals surface area contributed by atoms with Crippen LogP contribution in [0, 0.1) is 6.92 Å². The number of aromatic nitrogens is 3. The number of hydrogen-bond acceptors (Lipinski definition) is 2. The second kappa shape index (κ2) is 5.28. The molecule has 0 aliphatic heterocycles. The lowest BCUT2D eigenvalue weighted by molar-refractivity contribution is -0.127. The molecule has 2 heterocycles. The van der Waals surface area contributed by atoms with E-state index in [2.05, 4.69) is 10.1 Å². The second-order valence-corrected chi connectivity index (χ2v) is 5.28. The first-order valence-corrected chi connectivity index (χ1v) is 6.89. The molecule has 0 atom stereocenters. The monoisotopic (exact) mass is 325 g/mol. The van der Waals surface area contributed by atoms with Gasteiger partial charge < -0.3 is 0 Å². The number of hydrogen-bond donors (Lipinski definition) is 0. The predicted octanol–water partition coefficient (Wildman–Crippen LogP) is 4.46. The Balaban J connectivity index is 2.19. The first kappa shape index (κ1) is 14.8. The normalized spacial score (nSPS) is 12.0. The Morgan fingerprint density at radius 2 is 1.86 bits per heavy atom. The van der Waals surface area contributed by atoms with Crippen LogP contribution >= 0.6 is 11.6 Å². The molecule has 0 fully saturated rings. The first-order chi connectivity index (χ1) is 10.4. The Morgan fingerprint density at radius 3 is 2.50 bits per heavy atom. The summed E-state index contributed by atoms with van der Waals surface area (Å²) in [5, 5.41) is 4.03. The zero-order chi connectivity index (χ0) is 15.9. The fourth-order valence-electron chi connectivity index (χ4n) is 2.32. The molecule has 0 radical (unpaired) electrons. The van der Waals surface area contributed by atoms with Gasteiger partial charge in [-0.15, -0.1) is 0 Å². The SMILES string of the molecule is Cc1nc2c(-c3ccccc3)cnn2c(Cl)c1CC(F)(F)F. The van der Waals surface area contributed by atoms with Crippen LogP contribution in [-0.2, 0) is 6.42 Å². The van der Waals surface area contributed by atoms with Crippen molar-refractivity contribution in [2.45, 2.75) is 19.5 Å². The largest absolute Gasteiger partial charge is 0.393 e. The Hall–Kier alpha value is -2.08. The fraction of sp³-hybridized carbons (Fsp3) is 0.200. The molecule has 3 rings (SSSR count). The van der Waals surface area contributed by atoms with Crippen molar-refractivity contribution in [2.24, 2.45) is 0 Å². The highest BCUT2D eigenvalue weighted by Crippen LogP contribution is 2.31. The number of alkyl halides is 3. The summed E-state index contributed by atoms with van der Waals surface area (Å²) >= 11 is 6.11. The minimum Gasteiger partial charge on any atom is -0.233 e. The summed E-state index contributed by atoms with van der Waals surface area (Å²) in [5.74, 6) is 0. The summed E-state index contributed by atoms with van der Waals surface area (Å²) in [6, 6.07) is 9.37. The summed E-state index contributed by atoms with van der Waals surface area (Å²) in [6.07, 6.45) is -3.92. The maximum Gasteiger partial charge on any atom is 0.393 e. The van der Waals surface area contributed by atoms with E-state index in [0.717, 1.165) is 11.1 Å². The molecule has 0 aliphatic rings. The summed E-state index contributed by atoms with van der Waals surface area (Å²) < 4.78 is 39.2. The molecule has 1 aromatic carbocycles. The van der Waals surface area contributed by atoms with Crippen molar-refractivity contribution in [3.8, 4) is 11.1 Å². The van der Waals surface area contributed by atoms with Crippen LogP contribution in [0.4, 0.5) is 13.2 Å². The van der Waals surface area contributed by atoms with Crippen LogP contribution in [0.2, 0.25) is 5.15 Å². The van der Waals surface area contributed by atoms with Gasteiger partial charge in [0.05, 0.1) is 12.6 Å². The standard InChI is InChI=1S/C15H11ClF3N3/c1-9-11(7-15(17,18)19)13(16)22-14(21-9)12(8-20-22)10-5-3-2-4-6-10/h2-6,8H,7H2,1H3. The highest BCUT2D eigenvalue weighted by atomic mass is 35.5. The highest BCUT2D eigenvalue weighted by molar-refractivity contribution is 6.30. The Kier molecular flexibility index (Phi) is 3.56. The van der Waals surface area contributed by atoms with Crippen molar-refractivity contribution in [1.29, 1.82) is 0 Å². The van der Waals surface area contributed by atoms with E-state index in [1.165, 1.54) is 11.4 Å². The second-order valence-electron chi connectivity index (χ2n) is 4.92. The van der Waals surface area contributed by atoms with Crippen molar-refractivity contribution in [3.63, 3.8) is 0 Å². The average Bonchev–Trinajstić information content (AvgIpc) is 2.87. The Labute approximate surface area is 129 Å². The molecular weight excluding hydrogens is 315 g/mol. The van der Waals surface area contributed by atoms with Gasteiger partial charge in [0, 0.05) is 16.8 Å². The fourth-order valence-corrected chi connectivity index (χ4v) is 2.65. The zero-order valence-corrected chi connectivity index (χ0v) is 12.3. The maximum absolute atomic E-state index is 12.7. The maximum atomic E-state index is 12.7. The molecular formula is C15H11ClF3N3. The number of rotatable bonds is 2. The molecule has 0 aliphatic carbocycles. The lowest BCUT2D eigenvalue weighted by Crippen LogP contribution is -2.15. The van der Waals surface area contributed by atoms with E-state index in [1.54, 1.807) is 6.20 Å². The van der Waals surface area contributed by atoms with Gasteiger partial charge in [-0.2, -0.15) is 18.3 Å². The van der Waals surface area contributed by atoms with Gasteiger partial charge in [-0.1, -0.05) is 41.9 Å². The zero-order valence-electron chi connectivity index (χ0n) is 11.5. The van der Waals surface area contributed by atoms with Gasteiger partial charge in [0.2, 0.25) is 0 Å². The Bertz CT molecular complexity index is 825. The lowest BCUT2D eigenvalue weighted by atomic mass is 10.1. The first-order valence-electron chi connectivity index (χ1n) is 6.52. The summed E-state index contributed by atoms with van der Waals surface area (Å²) in [5.41, 5.74) is 2.25.